The van der Waals surface area contributed by atoms with Crippen molar-refractivity contribution >= 4 is 51.0 Å². The van der Waals surface area contributed by atoms with Gasteiger partial charge < -0.3 is 32.1 Å². The first-order valence-corrected chi connectivity index (χ1v) is 8.84. The first-order valence-electron chi connectivity index (χ1n) is 8.84. The van der Waals surface area contributed by atoms with Gasteiger partial charge in [-0.2, -0.15) is 0 Å². The average molecular weight is 389 g/mol. The lowest BCUT2D eigenvalue weighted by Gasteiger charge is -2.04. The van der Waals surface area contributed by atoms with E-state index in [0.29, 0.717) is 17.1 Å². The Morgan fingerprint density at radius 2 is 1.62 bits per heavy atom. The molecule has 4 aromatic rings. The molecule has 29 heavy (non-hydrogen) atoms. The number of fused-ring (bicyclic) bond motifs is 2. The lowest BCUT2D eigenvalue weighted by molar-refractivity contribution is -0.114. The number of guanidine groups is 1. The number of aromatic amines is 2. The summed E-state index contributed by atoms with van der Waals surface area (Å²) in [6.07, 6.45) is 1.85. The van der Waals surface area contributed by atoms with Gasteiger partial charge >= 0.3 is 0 Å². The molecule has 8 N–H and O–H groups in total. The molecule has 2 amide bonds. The van der Waals surface area contributed by atoms with Gasteiger partial charge in [-0.25, -0.2) is 4.99 Å². The van der Waals surface area contributed by atoms with Crippen molar-refractivity contribution in [2.45, 2.75) is 0 Å². The summed E-state index contributed by atoms with van der Waals surface area (Å²) in [4.78, 5) is 34.3. The zero-order valence-corrected chi connectivity index (χ0v) is 15.3. The van der Waals surface area contributed by atoms with Crippen LogP contribution in [-0.4, -0.2) is 34.3 Å². The summed E-state index contributed by atoms with van der Waals surface area (Å²) in [5, 5.41) is 7.49. The number of nitrogens with one attached hydrogen (secondary N) is 4. The van der Waals surface area contributed by atoms with Crippen molar-refractivity contribution in [1.82, 2.24) is 9.97 Å². The summed E-state index contributed by atoms with van der Waals surface area (Å²) < 4.78 is 0. The molecule has 9 heteroatoms. The minimum Gasteiger partial charge on any atom is -0.370 e. The van der Waals surface area contributed by atoms with Crippen molar-refractivity contribution in [2.24, 2.45) is 16.5 Å². The van der Waals surface area contributed by atoms with Crippen molar-refractivity contribution in [3.8, 4) is 0 Å². The van der Waals surface area contributed by atoms with Crippen LogP contribution in [0.4, 0.5) is 11.4 Å². The van der Waals surface area contributed by atoms with E-state index in [1.54, 1.807) is 18.2 Å². The highest BCUT2D eigenvalue weighted by molar-refractivity contribution is 6.07. The summed E-state index contributed by atoms with van der Waals surface area (Å²) in [6, 6.07) is 14.7. The topological polar surface area (TPSA) is 154 Å². The highest BCUT2D eigenvalue weighted by Crippen LogP contribution is 2.22. The van der Waals surface area contributed by atoms with Gasteiger partial charge in [0.25, 0.3) is 5.91 Å². The monoisotopic (exact) mass is 389 g/mol. The van der Waals surface area contributed by atoms with Crippen LogP contribution in [0.2, 0.25) is 0 Å². The number of H-pyrrole nitrogens is 2. The third-order valence-corrected chi connectivity index (χ3v) is 4.37. The maximum Gasteiger partial charge on any atom is 0.272 e. The molecule has 2 aromatic heterocycles. The maximum absolute atomic E-state index is 12.6. The SMILES string of the molecule is NC(N)=NCC(=O)Nc1ccc2cc(C(=O)Nc3ccc4cc[nH]c4c3)[nH]c2c1. The van der Waals surface area contributed by atoms with Crippen molar-refractivity contribution in [3.63, 3.8) is 0 Å². The number of carbonyl (C=O) groups excluding carboxylic acids is 2. The normalized spacial score (nSPS) is 10.8. The van der Waals surface area contributed by atoms with Crippen LogP contribution in [-0.2, 0) is 4.79 Å². The minimum atomic E-state index is -0.345. The lowest BCUT2D eigenvalue weighted by Crippen LogP contribution is -2.25. The molecule has 0 aliphatic carbocycles. The number of aliphatic imine (C=N–C) groups is 1. The Balaban J connectivity index is 1.49. The summed E-state index contributed by atoms with van der Waals surface area (Å²) in [7, 11) is 0. The second kappa shape index (κ2) is 7.39. The third kappa shape index (κ3) is 4.03. The minimum absolute atomic E-state index is 0.147. The molecule has 2 heterocycles. The molecule has 0 radical (unpaired) electrons. The fourth-order valence-electron chi connectivity index (χ4n) is 3.01. The molecule has 0 saturated carbocycles. The van der Waals surface area contributed by atoms with Gasteiger partial charge in [-0.1, -0.05) is 12.1 Å². The maximum atomic E-state index is 12.6. The van der Waals surface area contributed by atoms with Gasteiger partial charge in [-0.05, 0) is 41.8 Å². The number of rotatable bonds is 5. The van der Waals surface area contributed by atoms with Crippen LogP contribution < -0.4 is 22.1 Å². The number of anilines is 2. The number of carbonyl (C=O) groups is 2. The molecule has 0 bridgehead atoms. The van der Waals surface area contributed by atoms with Crippen molar-refractivity contribution in [3.05, 3.63) is 60.4 Å². The fourth-order valence-corrected chi connectivity index (χ4v) is 3.01. The molecular weight excluding hydrogens is 370 g/mol. The number of hydrogen-bond donors (Lipinski definition) is 6. The van der Waals surface area contributed by atoms with E-state index >= 15 is 0 Å². The van der Waals surface area contributed by atoms with E-state index in [0.717, 1.165) is 21.8 Å². The van der Waals surface area contributed by atoms with Crippen LogP contribution in [0.15, 0.2) is 59.7 Å². The zero-order valence-electron chi connectivity index (χ0n) is 15.3. The Kier molecular flexibility index (Phi) is 4.62. The zero-order chi connectivity index (χ0) is 20.4. The van der Waals surface area contributed by atoms with E-state index in [2.05, 4.69) is 25.6 Å². The first-order chi connectivity index (χ1) is 14.0. The molecule has 0 unspecified atom stereocenters. The summed E-state index contributed by atoms with van der Waals surface area (Å²) in [5.41, 5.74) is 13.8. The van der Waals surface area contributed by atoms with Crippen molar-refractivity contribution in [2.75, 3.05) is 17.2 Å². The number of aromatic nitrogens is 2. The molecule has 4 rings (SSSR count). The van der Waals surface area contributed by atoms with E-state index in [1.165, 1.54) is 0 Å². The van der Waals surface area contributed by atoms with Gasteiger partial charge in [0.1, 0.15) is 12.2 Å². The van der Waals surface area contributed by atoms with Crippen molar-refractivity contribution < 1.29 is 9.59 Å². The smallest absolute Gasteiger partial charge is 0.272 e. The molecule has 0 fully saturated rings. The molecule has 0 aliphatic rings. The third-order valence-electron chi connectivity index (χ3n) is 4.37. The Morgan fingerprint density at radius 1 is 0.897 bits per heavy atom. The van der Waals surface area contributed by atoms with Gasteiger partial charge in [0.2, 0.25) is 5.91 Å². The lowest BCUT2D eigenvalue weighted by atomic mass is 10.2. The molecule has 146 valence electrons. The quantitative estimate of drug-likeness (QED) is 0.228. The van der Waals surface area contributed by atoms with E-state index in [-0.39, 0.29) is 24.3 Å². The molecule has 9 nitrogen and oxygen atoms in total. The Hall–Kier alpha value is -4.27. The van der Waals surface area contributed by atoms with Gasteiger partial charge in [0, 0.05) is 34.0 Å². The second-order valence-corrected chi connectivity index (χ2v) is 6.51. The second-order valence-electron chi connectivity index (χ2n) is 6.51. The van der Waals surface area contributed by atoms with Crippen LogP contribution in [0.25, 0.3) is 21.8 Å². The predicted molar refractivity (Wildman–Crippen MR) is 114 cm³/mol. The molecule has 0 atom stereocenters. The molecule has 2 aromatic carbocycles. The number of nitrogens with zero attached hydrogens (tertiary/aromatic N) is 1. The van der Waals surface area contributed by atoms with Crippen molar-refractivity contribution in [1.29, 1.82) is 0 Å². The van der Waals surface area contributed by atoms with Crippen LogP contribution >= 0.6 is 0 Å². The largest absolute Gasteiger partial charge is 0.370 e. The Morgan fingerprint density at radius 3 is 2.41 bits per heavy atom. The van der Waals surface area contributed by atoms with E-state index in [9.17, 15) is 9.59 Å². The number of nitrogens with two attached hydrogens (primary N) is 2. The predicted octanol–water partition coefficient (Wildman–Crippen LogP) is 2.11. The number of benzene rings is 2. The highest BCUT2D eigenvalue weighted by atomic mass is 16.2. The van der Waals surface area contributed by atoms with E-state index in [1.807, 2.05) is 36.5 Å². The standard InChI is InChI=1S/C20H19N7O2/c21-20(22)24-10-18(28)25-13-4-2-12-7-17(27-16(12)9-13)19(29)26-14-3-1-11-5-6-23-15(11)8-14/h1-9,23,27H,10H2,(H,25,28)(H,26,29)(H4,21,22,24). The fraction of sp³-hybridized carbons (Fsp3) is 0.0500. The highest BCUT2D eigenvalue weighted by Gasteiger charge is 2.11. The van der Waals surface area contributed by atoms with Gasteiger partial charge in [0.05, 0.1) is 0 Å². The van der Waals surface area contributed by atoms with Gasteiger partial charge in [-0.3, -0.25) is 9.59 Å². The van der Waals surface area contributed by atoms with Crippen LogP contribution in [0, 0.1) is 0 Å². The molecule has 0 aliphatic heterocycles. The van der Waals surface area contributed by atoms with Crippen LogP contribution in [0.1, 0.15) is 10.5 Å². The Labute approximate surface area is 165 Å². The van der Waals surface area contributed by atoms with Gasteiger partial charge in [-0.15, -0.1) is 0 Å². The molecule has 0 saturated heterocycles. The average Bonchev–Trinajstić information content (AvgIpc) is 3.32. The Bertz CT molecular complexity index is 1250. The summed E-state index contributed by atoms with van der Waals surface area (Å²) in [6.45, 7) is -0.163. The molecular formula is C20H19N7O2. The van der Waals surface area contributed by atoms with E-state index < -0.39 is 0 Å². The number of amides is 2. The number of hydrogen-bond acceptors (Lipinski definition) is 3. The van der Waals surface area contributed by atoms with E-state index in [4.69, 9.17) is 11.5 Å². The van der Waals surface area contributed by atoms with Gasteiger partial charge in [0.15, 0.2) is 5.96 Å². The summed E-state index contributed by atoms with van der Waals surface area (Å²) in [5.74, 6) is -0.751. The summed E-state index contributed by atoms with van der Waals surface area (Å²) >= 11 is 0. The van der Waals surface area contributed by atoms with Crippen LogP contribution in [0.5, 0.6) is 0 Å². The first kappa shape index (κ1) is 18.1. The van der Waals surface area contributed by atoms with Crippen LogP contribution in [0.3, 0.4) is 0 Å². The molecule has 0 spiro atoms.